The van der Waals surface area contributed by atoms with Gasteiger partial charge in [0.05, 0.1) is 18.2 Å². The molecule has 0 atom stereocenters. The van der Waals surface area contributed by atoms with E-state index in [-0.39, 0.29) is 5.78 Å². The van der Waals surface area contributed by atoms with Crippen LogP contribution in [0.15, 0.2) is 24.3 Å². The summed E-state index contributed by atoms with van der Waals surface area (Å²) in [5, 5.41) is 3.17. The standard InChI is InChI=1S/C13H19NO2/c1-5-14-13(2,3)12(15)10-8-6-7-9-11(10)16-4/h6-9,14H,5H2,1-4H3. The van der Waals surface area contributed by atoms with Crippen LogP contribution >= 0.6 is 0 Å². The van der Waals surface area contributed by atoms with Crippen LogP contribution in [-0.2, 0) is 0 Å². The number of para-hydroxylation sites is 1. The van der Waals surface area contributed by atoms with Gasteiger partial charge in [-0.05, 0) is 32.5 Å². The number of ketones is 1. The minimum absolute atomic E-state index is 0.0480. The number of benzene rings is 1. The van der Waals surface area contributed by atoms with E-state index >= 15 is 0 Å². The van der Waals surface area contributed by atoms with Crippen molar-refractivity contribution < 1.29 is 9.53 Å². The highest BCUT2D eigenvalue weighted by Gasteiger charge is 2.29. The Labute approximate surface area is 96.8 Å². The Morgan fingerprint density at radius 2 is 2.00 bits per heavy atom. The zero-order chi connectivity index (χ0) is 12.2. The van der Waals surface area contributed by atoms with Crippen molar-refractivity contribution in [2.24, 2.45) is 0 Å². The second kappa shape index (κ2) is 5.12. The number of likely N-dealkylation sites (N-methyl/N-ethyl adjacent to an activating group) is 1. The van der Waals surface area contributed by atoms with Crippen molar-refractivity contribution in [3.63, 3.8) is 0 Å². The molecule has 0 bridgehead atoms. The number of hydrogen-bond acceptors (Lipinski definition) is 3. The first-order chi connectivity index (χ1) is 7.53. The third kappa shape index (κ3) is 2.61. The van der Waals surface area contributed by atoms with Crippen molar-refractivity contribution in [1.29, 1.82) is 0 Å². The summed E-state index contributed by atoms with van der Waals surface area (Å²) in [4.78, 5) is 12.3. The third-order valence-corrected chi connectivity index (χ3v) is 2.54. The van der Waals surface area contributed by atoms with Gasteiger partial charge >= 0.3 is 0 Å². The first kappa shape index (κ1) is 12.7. The van der Waals surface area contributed by atoms with Crippen molar-refractivity contribution in [3.8, 4) is 5.75 Å². The second-order valence-corrected chi connectivity index (χ2v) is 4.18. The lowest BCUT2D eigenvalue weighted by Gasteiger charge is -2.24. The average molecular weight is 221 g/mol. The molecule has 3 nitrogen and oxygen atoms in total. The first-order valence-electron chi connectivity index (χ1n) is 5.45. The Balaban J connectivity index is 3.04. The van der Waals surface area contributed by atoms with Crippen LogP contribution in [0.5, 0.6) is 5.75 Å². The van der Waals surface area contributed by atoms with E-state index in [0.29, 0.717) is 11.3 Å². The van der Waals surface area contributed by atoms with E-state index in [2.05, 4.69) is 5.32 Å². The summed E-state index contributed by atoms with van der Waals surface area (Å²) in [6.45, 7) is 6.50. The molecular weight excluding hydrogens is 202 g/mol. The smallest absolute Gasteiger partial charge is 0.185 e. The molecule has 1 rings (SSSR count). The fourth-order valence-corrected chi connectivity index (χ4v) is 1.69. The molecule has 3 heteroatoms. The quantitative estimate of drug-likeness (QED) is 0.775. The second-order valence-electron chi connectivity index (χ2n) is 4.18. The van der Waals surface area contributed by atoms with E-state index in [1.54, 1.807) is 19.2 Å². The van der Waals surface area contributed by atoms with E-state index in [4.69, 9.17) is 4.74 Å². The Morgan fingerprint density at radius 3 is 2.56 bits per heavy atom. The Hall–Kier alpha value is -1.35. The fourth-order valence-electron chi connectivity index (χ4n) is 1.69. The lowest BCUT2D eigenvalue weighted by Crippen LogP contribution is -2.46. The van der Waals surface area contributed by atoms with E-state index < -0.39 is 5.54 Å². The maximum Gasteiger partial charge on any atom is 0.185 e. The predicted molar refractivity (Wildman–Crippen MR) is 65.1 cm³/mol. The maximum atomic E-state index is 12.3. The van der Waals surface area contributed by atoms with E-state index in [1.165, 1.54) is 0 Å². The summed E-state index contributed by atoms with van der Waals surface area (Å²) in [5.74, 6) is 0.672. The van der Waals surface area contributed by atoms with Crippen molar-refractivity contribution in [2.75, 3.05) is 13.7 Å². The van der Waals surface area contributed by atoms with E-state index in [1.807, 2.05) is 32.9 Å². The lowest BCUT2D eigenvalue weighted by atomic mass is 9.92. The van der Waals surface area contributed by atoms with Crippen LogP contribution in [0.3, 0.4) is 0 Å². The number of nitrogens with one attached hydrogen (secondary N) is 1. The van der Waals surface area contributed by atoms with Gasteiger partial charge in [0.15, 0.2) is 5.78 Å². The topological polar surface area (TPSA) is 38.3 Å². The van der Waals surface area contributed by atoms with Gasteiger partial charge in [0, 0.05) is 0 Å². The number of carbonyl (C=O) groups excluding carboxylic acids is 1. The largest absolute Gasteiger partial charge is 0.496 e. The molecule has 0 amide bonds. The minimum atomic E-state index is -0.566. The molecule has 1 N–H and O–H groups in total. The van der Waals surface area contributed by atoms with E-state index in [9.17, 15) is 4.79 Å². The van der Waals surface area contributed by atoms with Crippen LogP contribution in [0.4, 0.5) is 0 Å². The highest BCUT2D eigenvalue weighted by atomic mass is 16.5. The number of ether oxygens (including phenoxy) is 1. The van der Waals surface area contributed by atoms with Gasteiger partial charge in [-0.25, -0.2) is 0 Å². The van der Waals surface area contributed by atoms with Gasteiger partial charge in [-0.15, -0.1) is 0 Å². The molecule has 0 aliphatic rings. The van der Waals surface area contributed by atoms with Gasteiger partial charge < -0.3 is 10.1 Å². The molecule has 0 aliphatic heterocycles. The zero-order valence-electron chi connectivity index (χ0n) is 10.3. The van der Waals surface area contributed by atoms with Crippen LogP contribution < -0.4 is 10.1 Å². The summed E-state index contributed by atoms with van der Waals surface area (Å²) >= 11 is 0. The van der Waals surface area contributed by atoms with Crippen LogP contribution in [-0.4, -0.2) is 25.0 Å². The number of methoxy groups -OCH3 is 1. The Bertz CT molecular complexity index is 372. The SMILES string of the molecule is CCNC(C)(C)C(=O)c1ccccc1OC. The molecular formula is C13H19NO2. The molecule has 0 radical (unpaired) electrons. The van der Waals surface area contributed by atoms with Crippen molar-refractivity contribution in [2.45, 2.75) is 26.3 Å². The van der Waals surface area contributed by atoms with E-state index in [0.717, 1.165) is 6.54 Å². The molecule has 0 fully saturated rings. The van der Waals surface area contributed by atoms with Crippen molar-refractivity contribution in [1.82, 2.24) is 5.32 Å². The molecule has 0 saturated carbocycles. The highest BCUT2D eigenvalue weighted by molar-refractivity contribution is 6.04. The molecule has 88 valence electrons. The molecule has 1 aromatic rings. The van der Waals surface area contributed by atoms with Crippen molar-refractivity contribution >= 4 is 5.78 Å². The Morgan fingerprint density at radius 1 is 1.38 bits per heavy atom. The predicted octanol–water partition coefficient (Wildman–Crippen LogP) is 2.27. The summed E-state index contributed by atoms with van der Waals surface area (Å²) in [5.41, 5.74) is 0.0552. The molecule has 16 heavy (non-hydrogen) atoms. The van der Waals surface area contributed by atoms with Gasteiger partial charge in [0.1, 0.15) is 5.75 Å². The number of rotatable bonds is 5. The zero-order valence-corrected chi connectivity index (χ0v) is 10.3. The molecule has 1 aromatic carbocycles. The summed E-state index contributed by atoms with van der Waals surface area (Å²) < 4.78 is 5.19. The number of Topliss-reactive ketones (excluding diaryl/α,β-unsaturated/α-hetero) is 1. The summed E-state index contributed by atoms with van der Waals surface area (Å²) in [7, 11) is 1.58. The first-order valence-corrected chi connectivity index (χ1v) is 5.45. The molecule has 0 aliphatic carbocycles. The molecule has 0 aromatic heterocycles. The molecule has 0 unspecified atom stereocenters. The number of hydrogen-bond donors (Lipinski definition) is 1. The molecule has 0 spiro atoms. The van der Waals surface area contributed by atoms with Crippen LogP contribution in [0, 0.1) is 0 Å². The maximum absolute atomic E-state index is 12.3. The average Bonchev–Trinajstić information content (AvgIpc) is 2.28. The van der Waals surface area contributed by atoms with Gasteiger partial charge in [-0.3, -0.25) is 4.79 Å². The van der Waals surface area contributed by atoms with Crippen molar-refractivity contribution in [3.05, 3.63) is 29.8 Å². The Kier molecular flexibility index (Phi) is 4.07. The highest BCUT2D eigenvalue weighted by Crippen LogP contribution is 2.22. The number of carbonyl (C=O) groups is 1. The third-order valence-electron chi connectivity index (χ3n) is 2.54. The normalized spacial score (nSPS) is 11.2. The summed E-state index contributed by atoms with van der Waals surface area (Å²) in [6, 6.07) is 7.29. The van der Waals surface area contributed by atoms with Crippen LogP contribution in [0.1, 0.15) is 31.1 Å². The van der Waals surface area contributed by atoms with Crippen LogP contribution in [0.25, 0.3) is 0 Å². The minimum Gasteiger partial charge on any atom is -0.496 e. The fraction of sp³-hybridized carbons (Fsp3) is 0.462. The summed E-state index contributed by atoms with van der Waals surface area (Å²) in [6.07, 6.45) is 0. The monoisotopic (exact) mass is 221 g/mol. The van der Waals surface area contributed by atoms with Gasteiger partial charge in [0.25, 0.3) is 0 Å². The van der Waals surface area contributed by atoms with Gasteiger partial charge in [-0.1, -0.05) is 19.1 Å². The van der Waals surface area contributed by atoms with Gasteiger partial charge in [0.2, 0.25) is 0 Å². The lowest BCUT2D eigenvalue weighted by molar-refractivity contribution is 0.0881. The molecule has 0 heterocycles. The molecule has 0 saturated heterocycles. The van der Waals surface area contributed by atoms with Gasteiger partial charge in [-0.2, -0.15) is 0 Å². The van der Waals surface area contributed by atoms with Crippen LogP contribution in [0.2, 0.25) is 0 Å².